The Morgan fingerprint density at radius 1 is 1.29 bits per heavy atom. The molecule has 0 aliphatic heterocycles. The van der Waals surface area contributed by atoms with Crippen molar-refractivity contribution in [2.45, 2.75) is 32.3 Å². The van der Waals surface area contributed by atoms with Gasteiger partial charge < -0.3 is 14.2 Å². The topological polar surface area (TPSA) is 61.8 Å². The van der Waals surface area contributed by atoms with E-state index in [9.17, 15) is 9.59 Å². The lowest BCUT2D eigenvalue weighted by Gasteiger charge is -2.15. The average molecular weight is 267 g/mol. The Bertz CT molecular complexity index is 212. The molecule has 0 saturated heterocycles. The van der Waals surface area contributed by atoms with Gasteiger partial charge in [-0.3, -0.25) is 9.59 Å². The van der Waals surface area contributed by atoms with E-state index in [2.05, 4.69) is 0 Å². The minimum Gasteiger partial charge on any atom is -0.466 e. The summed E-state index contributed by atoms with van der Waals surface area (Å²) in [6.45, 7) is 2.07. The summed E-state index contributed by atoms with van der Waals surface area (Å²) in [4.78, 5) is 22.7. The molecule has 1 atom stereocenters. The summed E-state index contributed by atoms with van der Waals surface area (Å²) in [5.74, 6) is -0.146. The lowest BCUT2D eigenvalue weighted by Crippen LogP contribution is -2.23. The van der Waals surface area contributed by atoms with Gasteiger partial charge in [-0.25, -0.2) is 0 Å². The second kappa shape index (κ2) is 10.5. The highest BCUT2D eigenvalue weighted by molar-refractivity contribution is 6.19. The first-order valence-electron chi connectivity index (χ1n) is 5.47. The number of carbonyl (C=O) groups excluding carboxylic acids is 2. The first-order chi connectivity index (χ1) is 8.13. The number of carbonyl (C=O) groups is 2. The third kappa shape index (κ3) is 9.09. The van der Waals surface area contributed by atoms with Gasteiger partial charge in [-0.05, 0) is 6.92 Å². The number of alkyl halides is 1. The van der Waals surface area contributed by atoms with E-state index in [0.717, 1.165) is 0 Å². The van der Waals surface area contributed by atoms with Crippen molar-refractivity contribution >= 4 is 23.4 Å². The summed E-state index contributed by atoms with van der Waals surface area (Å²) in [7, 11) is 1.47. The number of methoxy groups -OCH3 is 1. The Morgan fingerprint density at radius 2 is 2.00 bits per heavy atom. The first-order valence-corrected chi connectivity index (χ1v) is 6.01. The largest absolute Gasteiger partial charge is 0.466 e. The van der Waals surface area contributed by atoms with Gasteiger partial charge in [0.15, 0.2) is 0 Å². The van der Waals surface area contributed by atoms with Crippen LogP contribution in [-0.2, 0) is 23.8 Å². The molecule has 100 valence electrons. The summed E-state index contributed by atoms with van der Waals surface area (Å²) in [6.07, 6.45) is -0.0399. The Labute approximate surface area is 106 Å². The minimum atomic E-state index is -0.510. The van der Waals surface area contributed by atoms with E-state index in [1.54, 1.807) is 6.92 Å². The first kappa shape index (κ1) is 16.4. The molecular weight excluding hydrogens is 248 g/mol. The maximum Gasteiger partial charge on any atom is 0.308 e. The zero-order valence-corrected chi connectivity index (χ0v) is 11.0. The van der Waals surface area contributed by atoms with Gasteiger partial charge in [0.1, 0.15) is 12.6 Å². The number of Topliss-reactive ketones (excluding diaryl/α,β-unsaturated/α-hetero) is 1. The molecule has 0 aromatic rings. The van der Waals surface area contributed by atoms with Crippen LogP contribution in [0, 0.1) is 0 Å². The second-order valence-corrected chi connectivity index (χ2v) is 3.76. The van der Waals surface area contributed by atoms with Crippen LogP contribution < -0.4 is 0 Å². The van der Waals surface area contributed by atoms with Crippen LogP contribution in [-0.4, -0.2) is 44.2 Å². The van der Waals surface area contributed by atoms with E-state index in [0.29, 0.717) is 6.61 Å². The Morgan fingerprint density at radius 3 is 2.53 bits per heavy atom. The number of halogens is 1. The van der Waals surface area contributed by atoms with Gasteiger partial charge in [-0.15, -0.1) is 11.6 Å². The predicted octanol–water partition coefficient (Wildman–Crippen LogP) is 1.52. The lowest BCUT2D eigenvalue weighted by molar-refractivity contribution is -0.150. The molecule has 0 N–H and O–H groups in total. The molecule has 0 aromatic heterocycles. The third-order valence-corrected chi connectivity index (χ3v) is 2.14. The van der Waals surface area contributed by atoms with Gasteiger partial charge in [0.05, 0.1) is 19.1 Å². The molecule has 0 amide bonds. The van der Waals surface area contributed by atoms with Gasteiger partial charge in [0.25, 0.3) is 0 Å². The van der Waals surface area contributed by atoms with E-state index in [-0.39, 0.29) is 43.7 Å². The third-order valence-electron chi connectivity index (χ3n) is 1.95. The zero-order chi connectivity index (χ0) is 13.1. The maximum atomic E-state index is 11.4. The molecule has 0 spiro atoms. The monoisotopic (exact) mass is 266 g/mol. The highest BCUT2D eigenvalue weighted by Crippen LogP contribution is 2.08. The maximum absolute atomic E-state index is 11.4. The number of hydrogen-bond acceptors (Lipinski definition) is 5. The zero-order valence-electron chi connectivity index (χ0n) is 10.2. The molecule has 1 unspecified atom stereocenters. The molecule has 0 rings (SSSR count). The molecule has 5 nitrogen and oxygen atoms in total. The van der Waals surface area contributed by atoms with Gasteiger partial charge in [0.2, 0.25) is 0 Å². The molecule has 0 fully saturated rings. The van der Waals surface area contributed by atoms with Crippen molar-refractivity contribution in [3.05, 3.63) is 0 Å². The lowest BCUT2D eigenvalue weighted by atomic mass is 10.1. The van der Waals surface area contributed by atoms with E-state index in [1.807, 2.05) is 0 Å². The van der Waals surface area contributed by atoms with Crippen LogP contribution in [0.4, 0.5) is 0 Å². The highest BCUT2D eigenvalue weighted by atomic mass is 35.5. The number of hydrogen-bond donors (Lipinski definition) is 0. The fourth-order valence-electron chi connectivity index (χ4n) is 1.22. The highest BCUT2D eigenvalue weighted by Gasteiger charge is 2.18. The molecule has 0 aliphatic rings. The van der Waals surface area contributed by atoms with Crippen LogP contribution >= 0.6 is 11.6 Å². The van der Waals surface area contributed by atoms with Crippen LogP contribution in [0.3, 0.4) is 0 Å². The van der Waals surface area contributed by atoms with E-state index < -0.39 is 6.10 Å². The molecule has 17 heavy (non-hydrogen) atoms. The minimum absolute atomic E-state index is 0.0367. The quantitative estimate of drug-likeness (QED) is 0.341. The van der Waals surface area contributed by atoms with Gasteiger partial charge in [-0.2, -0.15) is 0 Å². The molecule has 0 bridgehead atoms. The second-order valence-electron chi connectivity index (χ2n) is 3.39. The Kier molecular flexibility index (Phi) is 10.1. The molecule has 0 aromatic carbocycles. The van der Waals surface area contributed by atoms with Crippen molar-refractivity contribution < 1.29 is 23.8 Å². The van der Waals surface area contributed by atoms with Crippen molar-refractivity contribution in [1.82, 2.24) is 0 Å². The summed E-state index contributed by atoms with van der Waals surface area (Å²) in [6, 6.07) is 0. The van der Waals surface area contributed by atoms with Crippen LogP contribution in [0.1, 0.15) is 26.2 Å². The summed E-state index contributed by atoms with van der Waals surface area (Å²) in [5, 5.41) is 0. The van der Waals surface area contributed by atoms with Gasteiger partial charge >= 0.3 is 5.97 Å². The smallest absolute Gasteiger partial charge is 0.308 e. The van der Waals surface area contributed by atoms with Crippen molar-refractivity contribution in [3.8, 4) is 0 Å². The van der Waals surface area contributed by atoms with Crippen LogP contribution in [0.2, 0.25) is 0 Å². The summed E-state index contributed by atoms with van der Waals surface area (Å²) in [5.41, 5.74) is 0. The molecule has 6 heteroatoms. The Balaban J connectivity index is 4.12. The van der Waals surface area contributed by atoms with E-state index in [4.69, 9.17) is 25.8 Å². The number of ketones is 1. The number of rotatable bonds is 10. The SMILES string of the molecule is CCOC(=O)CC(CC(=O)CCCl)OCOC. The summed E-state index contributed by atoms with van der Waals surface area (Å²) >= 11 is 5.46. The van der Waals surface area contributed by atoms with Crippen LogP contribution in [0.25, 0.3) is 0 Å². The predicted molar refractivity (Wildman–Crippen MR) is 63.0 cm³/mol. The van der Waals surface area contributed by atoms with Gasteiger partial charge in [-0.1, -0.05) is 0 Å². The molecule has 0 saturated carbocycles. The normalized spacial score (nSPS) is 12.2. The van der Waals surface area contributed by atoms with E-state index >= 15 is 0 Å². The van der Waals surface area contributed by atoms with Crippen molar-refractivity contribution in [3.63, 3.8) is 0 Å². The van der Waals surface area contributed by atoms with Gasteiger partial charge in [0, 0.05) is 25.8 Å². The molecular formula is C11H19ClO5. The molecule has 0 aliphatic carbocycles. The van der Waals surface area contributed by atoms with Crippen molar-refractivity contribution in [1.29, 1.82) is 0 Å². The molecule has 0 heterocycles. The fourth-order valence-corrected chi connectivity index (χ4v) is 1.43. The number of ether oxygens (including phenoxy) is 3. The summed E-state index contributed by atoms with van der Waals surface area (Å²) < 4.78 is 14.8. The fraction of sp³-hybridized carbons (Fsp3) is 0.818. The number of esters is 1. The molecule has 0 radical (unpaired) electrons. The van der Waals surface area contributed by atoms with E-state index in [1.165, 1.54) is 7.11 Å². The Hall–Kier alpha value is -0.650. The van der Waals surface area contributed by atoms with Crippen molar-refractivity contribution in [2.75, 3.05) is 26.4 Å². The van der Waals surface area contributed by atoms with Crippen molar-refractivity contribution in [2.24, 2.45) is 0 Å². The van der Waals surface area contributed by atoms with Crippen LogP contribution in [0.5, 0.6) is 0 Å². The average Bonchev–Trinajstić information content (AvgIpc) is 2.26. The standard InChI is InChI=1S/C11H19ClO5/c1-3-16-11(14)7-10(17-8-15-2)6-9(13)4-5-12/h10H,3-8H2,1-2H3. The van der Waals surface area contributed by atoms with Crippen LogP contribution in [0.15, 0.2) is 0 Å².